The van der Waals surface area contributed by atoms with Crippen LogP contribution < -0.4 is 14.8 Å². The molecule has 2 aliphatic rings. The highest BCUT2D eigenvalue weighted by Crippen LogP contribution is 2.35. The molecule has 0 saturated carbocycles. The molecule has 194 valence electrons. The van der Waals surface area contributed by atoms with Gasteiger partial charge in [-0.2, -0.15) is 0 Å². The van der Waals surface area contributed by atoms with Gasteiger partial charge < -0.3 is 19.5 Å². The second kappa shape index (κ2) is 9.90. The van der Waals surface area contributed by atoms with Crippen molar-refractivity contribution < 1.29 is 28.2 Å². The summed E-state index contributed by atoms with van der Waals surface area (Å²) >= 11 is 1.46. The number of aryl methyl sites for hydroxylation is 2. The molecule has 9 nitrogen and oxygen atoms in total. The van der Waals surface area contributed by atoms with Gasteiger partial charge in [0, 0.05) is 17.3 Å². The molecule has 2 atom stereocenters. The molecule has 0 fully saturated rings. The third kappa shape index (κ3) is 4.60. The minimum absolute atomic E-state index is 0.109. The molecular formula is C27H23FN4O5S. The van der Waals surface area contributed by atoms with Gasteiger partial charge in [0.25, 0.3) is 0 Å². The number of thiazole rings is 1. The Balaban J connectivity index is 1.31. The van der Waals surface area contributed by atoms with Crippen LogP contribution in [-0.4, -0.2) is 33.9 Å². The Labute approximate surface area is 220 Å². The summed E-state index contributed by atoms with van der Waals surface area (Å²) in [7, 11) is 0. The smallest absolute Gasteiger partial charge is 0.341 e. The molecule has 0 aliphatic carbocycles. The van der Waals surface area contributed by atoms with Gasteiger partial charge in [-0.3, -0.25) is 9.20 Å². The minimum atomic E-state index is -0.895. The van der Waals surface area contributed by atoms with Crippen molar-refractivity contribution in [1.29, 1.82) is 0 Å². The van der Waals surface area contributed by atoms with Crippen LogP contribution in [-0.2, 0) is 22.6 Å². The molecule has 2 amide bonds. The molecule has 4 heterocycles. The molecule has 2 unspecified atom stereocenters. The van der Waals surface area contributed by atoms with E-state index in [2.05, 4.69) is 15.3 Å². The summed E-state index contributed by atoms with van der Waals surface area (Å²) < 4.78 is 32.1. The van der Waals surface area contributed by atoms with Crippen molar-refractivity contribution in [3.8, 4) is 11.5 Å². The van der Waals surface area contributed by atoms with Crippen LogP contribution in [0.25, 0.3) is 4.96 Å². The molecule has 0 radical (unpaired) electrons. The lowest BCUT2D eigenvalue weighted by molar-refractivity contribution is -0.148. The van der Waals surface area contributed by atoms with E-state index in [4.69, 9.17) is 14.2 Å². The van der Waals surface area contributed by atoms with Crippen molar-refractivity contribution in [3.05, 3.63) is 82.4 Å². The number of hydrogen-bond acceptors (Lipinski definition) is 7. The number of rotatable bonds is 7. The van der Waals surface area contributed by atoms with Crippen LogP contribution in [0, 0.1) is 18.7 Å². The Kier molecular flexibility index (Phi) is 6.28. The van der Waals surface area contributed by atoms with Gasteiger partial charge in [-0.05, 0) is 55.2 Å². The van der Waals surface area contributed by atoms with E-state index in [1.807, 2.05) is 41.1 Å². The fourth-order valence-corrected chi connectivity index (χ4v) is 5.64. The predicted molar refractivity (Wildman–Crippen MR) is 137 cm³/mol. The van der Waals surface area contributed by atoms with Crippen molar-refractivity contribution >= 4 is 34.0 Å². The van der Waals surface area contributed by atoms with E-state index in [-0.39, 0.29) is 13.4 Å². The number of aliphatic imine (C=N–C) groups is 1. The molecule has 38 heavy (non-hydrogen) atoms. The third-order valence-electron chi connectivity index (χ3n) is 6.62. The van der Waals surface area contributed by atoms with E-state index in [1.165, 1.54) is 23.5 Å². The number of amides is 2. The number of urea groups is 1. The summed E-state index contributed by atoms with van der Waals surface area (Å²) in [6.45, 7) is 1.91. The summed E-state index contributed by atoms with van der Waals surface area (Å²) in [5, 5.41) is 4.75. The van der Waals surface area contributed by atoms with Gasteiger partial charge in [0.2, 0.25) is 6.79 Å². The first-order valence-electron chi connectivity index (χ1n) is 12.1. The molecule has 1 N–H and O–H groups in total. The van der Waals surface area contributed by atoms with Gasteiger partial charge in [0.1, 0.15) is 18.3 Å². The number of hydrogen-bond donors (Lipinski definition) is 1. The Bertz CT molecular complexity index is 1580. The zero-order valence-electron chi connectivity index (χ0n) is 20.3. The van der Waals surface area contributed by atoms with Crippen molar-refractivity contribution in [1.82, 2.24) is 14.7 Å². The summed E-state index contributed by atoms with van der Waals surface area (Å²) in [6.07, 6.45) is 2.71. The average molecular weight is 535 g/mol. The fourth-order valence-electron chi connectivity index (χ4n) is 4.88. The Morgan fingerprint density at radius 3 is 2.92 bits per heavy atom. The molecule has 2 aliphatic heterocycles. The number of nitrogens with zero attached hydrogens (tertiary/aromatic N) is 3. The Morgan fingerprint density at radius 2 is 2.05 bits per heavy atom. The fraction of sp³-hybridized carbons (Fsp3) is 0.259. The van der Waals surface area contributed by atoms with Crippen LogP contribution in [0.3, 0.4) is 0 Å². The number of fused-ring (bicyclic) bond motifs is 2. The minimum Gasteiger partial charge on any atom is -0.460 e. The summed E-state index contributed by atoms with van der Waals surface area (Å²) in [5.74, 6) is -0.536. The van der Waals surface area contributed by atoms with E-state index in [1.54, 1.807) is 12.1 Å². The van der Waals surface area contributed by atoms with Gasteiger partial charge in [0.05, 0.1) is 17.4 Å². The standard InChI is InChI=1S/C27H23FN4O5S/c1-15-24(32-9-10-38-27(32)29-15)23-22(25(33)35-13-17-3-2-4-18(28)11-17)19(30-26(34)31-23)7-5-16-6-8-20-21(12-16)37-14-36-20/h2-4,6,8-12,22-23H,5,7,13-14H2,1H3,(H,31,34). The van der Waals surface area contributed by atoms with Crippen LogP contribution in [0.4, 0.5) is 9.18 Å². The molecule has 0 bridgehead atoms. The number of ether oxygens (including phenoxy) is 3. The number of benzene rings is 2. The maximum Gasteiger partial charge on any atom is 0.341 e. The first-order valence-corrected chi connectivity index (χ1v) is 12.9. The molecule has 0 saturated heterocycles. The van der Waals surface area contributed by atoms with Crippen LogP contribution in [0.2, 0.25) is 0 Å². The number of imidazole rings is 1. The Hall–Kier alpha value is -4.25. The first kappa shape index (κ1) is 24.1. The first-order chi connectivity index (χ1) is 18.5. The van der Waals surface area contributed by atoms with Gasteiger partial charge >= 0.3 is 12.0 Å². The van der Waals surface area contributed by atoms with E-state index in [0.717, 1.165) is 10.5 Å². The molecule has 11 heteroatoms. The SMILES string of the molecule is Cc1nc2sccn2c1C1NC(=O)N=C(CCc2ccc3c(c2)OCO3)C1C(=O)OCc1cccc(F)c1. The van der Waals surface area contributed by atoms with Gasteiger partial charge in [-0.25, -0.2) is 19.2 Å². The molecule has 4 aromatic rings. The number of carbonyl (C=O) groups is 2. The van der Waals surface area contributed by atoms with E-state index in [0.29, 0.717) is 47.0 Å². The van der Waals surface area contributed by atoms with Crippen molar-refractivity contribution in [2.75, 3.05) is 6.79 Å². The highest BCUT2D eigenvalue weighted by atomic mass is 32.1. The number of carbonyl (C=O) groups excluding carboxylic acids is 2. The highest BCUT2D eigenvalue weighted by Gasteiger charge is 2.42. The largest absolute Gasteiger partial charge is 0.460 e. The maximum atomic E-state index is 13.7. The molecule has 6 rings (SSSR count). The second-order valence-electron chi connectivity index (χ2n) is 9.07. The zero-order valence-corrected chi connectivity index (χ0v) is 21.2. The molecule has 0 spiro atoms. The number of aromatic nitrogens is 2. The lowest BCUT2D eigenvalue weighted by atomic mass is 9.86. The second-order valence-corrected chi connectivity index (χ2v) is 9.94. The predicted octanol–water partition coefficient (Wildman–Crippen LogP) is 4.77. The average Bonchev–Trinajstić information content (AvgIpc) is 3.61. The summed E-state index contributed by atoms with van der Waals surface area (Å²) in [4.78, 5) is 35.9. The Morgan fingerprint density at radius 1 is 1.18 bits per heavy atom. The van der Waals surface area contributed by atoms with Crippen LogP contribution in [0.5, 0.6) is 11.5 Å². The summed E-state index contributed by atoms with van der Waals surface area (Å²) in [5.41, 5.74) is 3.27. The van der Waals surface area contributed by atoms with Gasteiger partial charge in [-0.15, -0.1) is 11.3 Å². The monoisotopic (exact) mass is 534 g/mol. The number of halogens is 1. The normalized spacial score (nSPS) is 18.4. The van der Waals surface area contributed by atoms with E-state index in [9.17, 15) is 14.0 Å². The van der Waals surface area contributed by atoms with Crippen LogP contribution in [0.1, 0.15) is 35.0 Å². The van der Waals surface area contributed by atoms with Gasteiger partial charge in [-0.1, -0.05) is 18.2 Å². The highest BCUT2D eigenvalue weighted by molar-refractivity contribution is 7.15. The number of esters is 1. The molecule has 2 aromatic carbocycles. The van der Waals surface area contributed by atoms with Crippen LogP contribution >= 0.6 is 11.3 Å². The third-order valence-corrected chi connectivity index (χ3v) is 7.38. The lowest BCUT2D eigenvalue weighted by Crippen LogP contribution is -2.46. The molecular weight excluding hydrogens is 511 g/mol. The van der Waals surface area contributed by atoms with Gasteiger partial charge in [0.15, 0.2) is 16.5 Å². The van der Waals surface area contributed by atoms with Crippen LogP contribution in [0.15, 0.2) is 59.0 Å². The van der Waals surface area contributed by atoms with E-state index >= 15 is 0 Å². The quantitative estimate of drug-likeness (QED) is 0.343. The summed E-state index contributed by atoms with van der Waals surface area (Å²) in [6, 6.07) is 10.3. The molecule has 2 aromatic heterocycles. The van der Waals surface area contributed by atoms with Crippen molar-refractivity contribution in [2.24, 2.45) is 10.9 Å². The van der Waals surface area contributed by atoms with Crippen molar-refractivity contribution in [3.63, 3.8) is 0 Å². The topological polar surface area (TPSA) is 104 Å². The lowest BCUT2D eigenvalue weighted by Gasteiger charge is -2.31. The van der Waals surface area contributed by atoms with E-state index < -0.39 is 29.8 Å². The van der Waals surface area contributed by atoms with Crippen molar-refractivity contribution in [2.45, 2.75) is 32.4 Å². The zero-order chi connectivity index (χ0) is 26.2. The maximum absolute atomic E-state index is 13.7. The number of nitrogens with one attached hydrogen (secondary N) is 1.